The van der Waals surface area contributed by atoms with E-state index in [9.17, 15) is 0 Å². The maximum atomic E-state index is 5.85. The van der Waals surface area contributed by atoms with Gasteiger partial charge in [-0.25, -0.2) is 4.98 Å². The molecule has 6 nitrogen and oxygen atoms in total. The van der Waals surface area contributed by atoms with E-state index in [-0.39, 0.29) is 5.25 Å². The summed E-state index contributed by atoms with van der Waals surface area (Å²) in [6.45, 7) is 2.01. The number of halogens is 1. The van der Waals surface area contributed by atoms with E-state index >= 15 is 0 Å². The number of hydrogen-bond donors (Lipinski definition) is 1. The third kappa shape index (κ3) is 4.13. The molecule has 0 bridgehead atoms. The van der Waals surface area contributed by atoms with Crippen molar-refractivity contribution in [3.8, 4) is 28.5 Å². The van der Waals surface area contributed by atoms with Crippen LogP contribution in [0, 0.1) is 0 Å². The van der Waals surface area contributed by atoms with Gasteiger partial charge >= 0.3 is 0 Å². The minimum atomic E-state index is -0.0385. The lowest BCUT2D eigenvalue weighted by molar-refractivity contribution is 0.415. The molecule has 0 saturated heterocycles. The number of H-pyrrole nitrogens is 1. The lowest BCUT2D eigenvalue weighted by Crippen LogP contribution is -1.89. The van der Waals surface area contributed by atoms with E-state index in [4.69, 9.17) is 9.15 Å². The van der Waals surface area contributed by atoms with Gasteiger partial charge < -0.3 is 14.1 Å². The Labute approximate surface area is 174 Å². The summed E-state index contributed by atoms with van der Waals surface area (Å²) in [5.74, 6) is 1.82. The maximum Gasteiger partial charge on any atom is 0.247 e. The molecule has 0 amide bonds. The largest absolute Gasteiger partial charge is 0.497 e. The average Bonchev–Trinajstić information content (AvgIpc) is 3.39. The molecule has 0 fully saturated rings. The van der Waals surface area contributed by atoms with Crippen LogP contribution in [-0.2, 0) is 0 Å². The first-order chi connectivity index (χ1) is 13.6. The minimum absolute atomic E-state index is 0.0385. The number of rotatable bonds is 6. The molecule has 28 heavy (non-hydrogen) atoms. The zero-order chi connectivity index (χ0) is 19.5. The molecule has 0 saturated carbocycles. The highest BCUT2D eigenvalue weighted by atomic mass is 79.9. The van der Waals surface area contributed by atoms with Crippen LogP contribution in [0.15, 0.2) is 68.8 Å². The Morgan fingerprint density at radius 3 is 2.46 bits per heavy atom. The predicted molar refractivity (Wildman–Crippen MR) is 112 cm³/mol. The van der Waals surface area contributed by atoms with Crippen molar-refractivity contribution in [3.05, 3.63) is 65.1 Å². The van der Waals surface area contributed by atoms with E-state index in [0.29, 0.717) is 11.8 Å². The summed E-state index contributed by atoms with van der Waals surface area (Å²) in [6, 6.07) is 15.6. The van der Waals surface area contributed by atoms with E-state index in [2.05, 4.69) is 36.1 Å². The number of aromatic amines is 1. The number of methoxy groups -OCH3 is 1. The summed E-state index contributed by atoms with van der Waals surface area (Å²) in [5, 5.41) is 9.11. The van der Waals surface area contributed by atoms with Gasteiger partial charge in [-0.05, 0) is 48.9 Å². The van der Waals surface area contributed by atoms with E-state index in [0.717, 1.165) is 32.2 Å². The van der Waals surface area contributed by atoms with Gasteiger partial charge in [0, 0.05) is 10.0 Å². The van der Waals surface area contributed by atoms with Gasteiger partial charge in [0.25, 0.3) is 0 Å². The molecule has 0 radical (unpaired) electrons. The zero-order valence-corrected chi connectivity index (χ0v) is 17.6. The van der Waals surface area contributed by atoms with Crippen LogP contribution >= 0.6 is 27.7 Å². The summed E-state index contributed by atoms with van der Waals surface area (Å²) in [7, 11) is 1.63. The van der Waals surface area contributed by atoms with Crippen molar-refractivity contribution in [2.45, 2.75) is 17.3 Å². The van der Waals surface area contributed by atoms with Gasteiger partial charge in [0.05, 0.1) is 24.3 Å². The molecular formula is C20H17BrN4O2S. The van der Waals surface area contributed by atoms with Gasteiger partial charge in [-0.2, -0.15) is 0 Å². The molecule has 1 N–H and O–H groups in total. The average molecular weight is 457 g/mol. The molecule has 2 aromatic heterocycles. The van der Waals surface area contributed by atoms with Gasteiger partial charge in [0.2, 0.25) is 11.8 Å². The third-order valence-corrected chi connectivity index (χ3v) is 5.64. The topological polar surface area (TPSA) is 76.8 Å². The lowest BCUT2D eigenvalue weighted by atomic mass is 10.2. The highest BCUT2D eigenvalue weighted by Gasteiger charge is 2.18. The smallest absolute Gasteiger partial charge is 0.247 e. The Kier molecular flexibility index (Phi) is 5.50. The van der Waals surface area contributed by atoms with Crippen LogP contribution in [0.25, 0.3) is 22.7 Å². The van der Waals surface area contributed by atoms with E-state index < -0.39 is 0 Å². The second-order valence-corrected chi connectivity index (χ2v) is 8.29. The standard InChI is InChI=1S/C20H17BrN4O2S/c1-12(18-24-25-19(27-18)14-5-9-16(26-2)10-6-14)28-20-22-11-17(23-20)13-3-7-15(21)8-4-13/h3-12H,1-2H3,(H,22,23). The summed E-state index contributed by atoms with van der Waals surface area (Å²) < 4.78 is 12.1. The number of hydrogen-bond acceptors (Lipinski definition) is 6. The predicted octanol–water partition coefficient (Wildman–Crippen LogP) is 5.75. The molecule has 0 aliphatic heterocycles. The highest BCUT2D eigenvalue weighted by Crippen LogP contribution is 2.34. The summed E-state index contributed by atoms with van der Waals surface area (Å²) in [6.07, 6.45) is 1.83. The van der Waals surface area contributed by atoms with Gasteiger partial charge in [-0.1, -0.05) is 39.8 Å². The van der Waals surface area contributed by atoms with Crippen molar-refractivity contribution in [1.29, 1.82) is 0 Å². The summed E-state index contributed by atoms with van der Waals surface area (Å²) in [4.78, 5) is 7.79. The van der Waals surface area contributed by atoms with Crippen LogP contribution in [0.4, 0.5) is 0 Å². The van der Waals surface area contributed by atoms with Crippen LogP contribution in [0.2, 0.25) is 0 Å². The second kappa shape index (κ2) is 8.20. The number of benzene rings is 2. The van der Waals surface area contributed by atoms with Crippen LogP contribution in [0.1, 0.15) is 18.1 Å². The quantitative estimate of drug-likeness (QED) is 0.372. The third-order valence-electron chi connectivity index (χ3n) is 4.12. The molecule has 4 aromatic rings. The fraction of sp³-hybridized carbons (Fsp3) is 0.150. The molecule has 142 valence electrons. The number of imidazole rings is 1. The molecule has 2 heterocycles. The van der Waals surface area contributed by atoms with Crippen molar-refractivity contribution in [1.82, 2.24) is 20.2 Å². The Balaban J connectivity index is 1.46. The van der Waals surface area contributed by atoms with Crippen LogP contribution in [0.3, 0.4) is 0 Å². The highest BCUT2D eigenvalue weighted by molar-refractivity contribution is 9.10. The van der Waals surface area contributed by atoms with E-state index in [1.165, 1.54) is 11.8 Å². The molecular weight excluding hydrogens is 440 g/mol. The van der Waals surface area contributed by atoms with Crippen molar-refractivity contribution >= 4 is 27.7 Å². The first-order valence-electron chi connectivity index (χ1n) is 8.58. The molecule has 2 aromatic carbocycles. The molecule has 0 aliphatic carbocycles. The van der Waals surface area contributed by atoms with Crippen molar-refractivity contribution < 1.29 is 9.15 Å². The zero-order valence-electron chi connectivity index (χ0n) is 15.2. The number of thioether (sulfide) groups is 1. The van der Waals surface area contributed by atoms with Crippen molar-refractivity contribution in [3.63, 3.8) is 0 Å². The normalized spacial score (nSPS) is 12.1. The summed E-state index contributed by atoms with van der Waals surface area (Å²) >= 11 is 4.99. The Morgan fingerprint density at radius 1 is 1.04 bits per heavy atom. The first kappa shape index (κ1) is 18.8. The van der Waals surface area contributed by atoms with Crippen molar-refractivity contribution in [2.24, 2.45) is 0 Å². The second-order valence-electron chi connectivity index (χ2n) is 6.04. The number of nitrogens with zero attached hydrogens (tertiary/aromatic N) is 3. The van der Waals surface area contributed by atoms with Gasteiger partial charge in [0.15, 0.2) is 5.16 Å². The maximum absolute atomic E-state index is 5.85. The molecule has 1 unspecified atom stereocenters. The number of ether oxygens (including phenoxy) is 1. The van der Waals surface area contributed by atoms with Crippen LogP contribution < -0.4 is 4.74 Å². The number of nitrogens with one attached hydrogen (secondary N) is 1. The fourth-order valence-corrected chi connectivity index (χ4v) is 3.68. The minimum Gasteiger partial charge on any atom is -0.497 e. The van der Waals surface area contributed by atoms with Gasteiger partial charge in [0.1, 0.15) is 5.75 Å². The Bertz CT molecular complexity index is 1060. The summed E-state index contributed by atoms with van der Waals surface area (Å²) in [5.41, 5.74) is 2.90. The Hall–Kier alpha value is -2.58. The molecule has 8 heteroatoms. The molecule has 0 aliphatic rings. The number of aromatic nitrogens is 4. The monoisotopic (exact) mass is 456 g/mol. The van der Waals surface area contributed by atoms with E-state index in [1.807, 2.05) is 61.7 Å². The fourth-order valence-electron chi connectivity index (χ4n) is 2.61. The van der Waals surface area contributed by atoms with Gasteiger partial charge in [-0.15, -0.1) is 10.2 Å². The Morgan fingerprint density at radius 2 is 1.75 bits per heavy atom. The molecule has 1 atom stereocenters. The van der Waals surface area contributed by atoms with Crippen LogP contribution in [0.5, 0.6) is 5.75 Å². The van der Waals surface area contributed by atoms with E-state index in [1.54, 1.807) is 7.11 Å². The van der Waals surface area contributed by atoms with Crippen LogP contribution in [-0.4, -0.2) is 27.3 Å². The lowest BCUT2D eigenvalue weighted by Gasteiger charge is -2.04. The first-order valence-corrected chi connectivity index (χ1v) is 10.2. The van der Waals surface area contributed by atoms with Crippen molar-refractivity contribution in [2.75, 3.05) is 7.11 Å². The van der Waals surface area contributed by atoms with Gasteiger partial charge in [-0.3, -0.25) is 0 Å². The molecule has 4 rings (SSSR count). The molecule has 0 spiro atoms. The SMILES string of the molecule is COc1ccc(-c2nnc(C(C)Sc3ncc(-c4ccc(Br)cc4)[nH]3)o2)cc1.